The number of hydrogen-bond acceptors (Lipinski definition) is 3. The first-order chi connectivity index (χ1) is 12.0. The van der Waals surface area contributed by atoms with Gasteiger partial charge in [-0.3, -0.25) is 0 Å². The normalized spacial score (nSPS) is 18.6. The lowest BCUT2D eigenvalue weighted by molar-refractivity contribution is 0.0697. The number of carboxylic acids is 1. The van der Waals surface area contributed by atoms with Crippen molar-refractivity contribution in [1.82, 2.24) is 10.6 Å². The molecule has 2 atom stereocenters. The predicted octanol–water partition coefficient (Wildman–Crippen LogP) is 3.10. The maximum absolute atomic E-state index is 12.2. The van der Waals surface area contributed by atoms with Gasteiger partial charge in [0.2, 0.25) is 0 Å². The Kier molecular flexibility index (Phi) is 4.88. The molecule has 3 rings (SSSR count). The van der Waals surface area contributed by atoms with E-state index in [-0.39, 0.29) is 23.7 Å². The Hall–Kier alpha value is -3.02. The summed E-state index contributed by atoms with van der Waals surface area (Å²) in [6.07, 6.45) is 0.737. The smallest absolute Gasteiger partial charge is 0.335 e. The zero-order chi connectivity index (χ0) is 17.8. The Balaban J connectivity index is 1.58. The van der Waals surface area contributed by atoms with Crippen molar-refractivity contribution in [2.75, 3.05) is 0 Å². The molecule has 1 aliphatic heterocycles. The van der Waals surface area contributed by atoms with Gasteiger partial charge >= 0.3 is 12.0 Å². The minimum atomic E-state index is -0.968. The summed E-state index contributed by atoms with van der Waals surface area (Å²) in [6.45, 7) is 2.30. The highest BCUT2D eigenvalue weighted by Gasteiger charge is 2.26. The Morgan fingerprint density at radius 1 is 1.16 bits per heavy atom. The van der Waals surface area contributed by atoms with Gasteiger partial charge in [-0.15, -0.1) is 0 Å². The third kappa shape index (κ3) is 4.09. The van der Waals surface area contributed by atoms with E-state index >= 15 is 0 Å². The van der Waals surface area contributed by atoms with Crippen LogP contribution >= 0.6 is 0 Å². The van der Waals surface area contributed by atoms with E-state index in [4.69, 9.17) is 9.84 Å². The third-order valence-corrected chi connectivity index (χ3v) is 4.15. The highest BCUT2D eigenvalue weighted by atomic mass is 16.5. The minimum Gasteiger partial charge on any atom is -0.490 e. The van der Waals surface area contributed by atoms with E-state index in [1.54, 1.807) is 12.1 Å². The molecule has 0 bridgehead atoms. The lowest BCUT2D eigenvalue weighted by atomic mass is 9.97. The topological polar surface area (TPSA) is 87.7 Å². The van der Waals surface area contributed by atoms with Crippen LogP contribution in [0.5, 0.6) is 5.75 Å². The number of benzene rings is 2. The summed E-state index contributed by atoms with van der Waals surface area (Å²) in [7, 11) is 0. The van der Waals surface area contributed by atoms with Crippen molar-refractivity contribution in [3.63, 3.8) is 0 Å². The summed E-state index contributed by atoms with van der Waals surface area (Å²) in [5.74, 6) is -0.166. The summed E-state index contributed by atoms with van der Waals surface area (Å²) in [5.41, 5.74) is 2.03. The third-order valence-electron chi connectivity index (χ3n) is 4.15. The van der Waals surface area contributed by atoms with Gasteiger partial charge in [0.1, 0.15) is 5.75 Å². The number of ether oxygens (including phenoxy) is 1. The number of urea groups is 1. The number of carboxylic acid groups (broad SMARTS) is 1. The summed E-state index contributed by atoms with van der Waals surface area (Å²) < 4.78 is 5.78. The number of hydrogen-bond donors (Lipinski definition) is 3. The molecule has 130 valence electrons. The van der Waals surface area contributed by atoms with Gasteiger partial charge in [0, 0.05) is 18.5 Å². The van der Waals surface area contributed by atoms with Gasteiger partial charge in [0.05, 0.1) is 17.7 Å². The van der Waals surface area contributed by atoms with Crippen LogP contribution in [0.2, 0.25) is 0 Å². The zero-order valence-corrected chi connectivity index (χ0v) is 13.9. The van der Waals surface area contributed by atoms with Crippen LogP contribution in [0.1, 0.15) is 40.9 Å². The standard InChI is InChI=1S/C19H20N2O4/c1-12-10-16(15-4-2-3-5-17(15)25-12)21-19(24)20-11-13-6-8-14(9-7-13)18(22)23/h2-9,12,16H,10-11H2,1H3,(H,22,23)(H2,20,21,24)/t12-,16-/m1/s1. The number of carbonyl (C=O) groups excluding carboxylic acids is 1. The van der Waals surface area contributed by atoms with Gasteiger partial charge in [-0.2, -0.15) is 0 Å². The molecule has 2 amide bonds. The molecule has 2 aromatic carbocycles. The number of rotatable bonds is 4. The van der Waals surface area contributed by atoms with E-state index in [1.807, 2.05) is 31.2 Å². The SMILES string of the molecule is C[C@@H]1C[C@@H](NC(=O)NCc2ccc(C(=O)O)cc2)c2ccccc2O1. The van der Waals surface area contributed by atoms with Crippen molar-refractivity contribution in [2.24, 2.45) is 0 Å². The van der Waals surface area contributed by atoms with Crippen LogP contribution in [0.15, 0.2) is 48.5 Å². The fourth-order valence-corrected chi connectivity index (χ4v) is 2.89. The van der Waals surface area contributed by atoms with E-state index in [0.29, 0.717) is 13.0 Å². The van der Waals surface area contributed by atoms with E-state index in [0.717, 1.165) is 16.9 Å². The lowest BCUT2D eigenvalue weighted by Gasteiger charge is -2.30. The first-order valence-corrected chi connectivity index (χ1v) is 8.15. The van der Waals surface area contributed by atoms with Crippen LogP contribution in [0, 0.1) is 0 Å². The van der Waals surface area contributed by atoms with Crippen molar-refractivity contribution in [3.05, 3.63) is 65.2 Å². The largest absolute Gasteiger partial charge is 0.490 e. The fraction of sp³-hybridized carbons (Fsp3) is 0.263. The monoisotopic (exact) mass is 340 g/mol. The molecule has 0 saturated heterocycles. The number of amides is 2. The second-order valence-electron chi connectivity index (χ2n) is 6.08. The van der Waals surface area contributed by atoms with Crippen LogP contribution in [-0.2, 0) is 6.54 Å². The molecule has 3 N–H and O–H groups in total. The molecule has 25 heavy (non-hydrogen) atoms. The van der Waals surface area contributed by atoms with Crippen molar-refractivity contribution >= 4 is 12.0 Å². The predicted molar refractivity (Wildman–Crippen MR) is 92.7 cm³/mol. The number of fused-ring (bicyclic) bond motifs is 1. The highest BCUT2D eigenvalue weighted by Crippen LogP contribution is 2.34. The van der Waals surface area contributed by atoms with E-state index in [1.165, 1.54) is 12.1 Å². The molecule has 2 aromatic rings. The average Bonchev–Trinajstić information content (AvgIpc) is 2.60. The van der Waals surface area contributed by atoms with Crippen molar-refractivity contribution in [3.8, 4) is 5.75 Å². The van der Waals surface area contributed by atoms with E-state index in [2.05, 4.69) is 10.6 Å². The Morgan fingerprint density at radius 2 is 1.88 bits per heavy atom. The number of aromatic carboxylic acids is 1. The molecule has 0 fully saturated rings. The zero-order valence-electron chi connectivity index (χ0n) is 13.9. The van der Waals surface area contributed by atoms with Gasteiger partial charge in [-0.05, 0) is 30.7 Å². The van der Waals surface area contributed by atoms with Crippen molar-refractivity contribution < 1.29 is 19.4 Å². The molecule has 6 nitrogen and oxygen atoms in total. The van der Waals surface area contributed by atoms with Gasteiger partial charge in [0.25, 0.3) is 0 Å². The molecule has 6 heteroatoms. The molecular weight excluding hydrogens is 320 g/mol. The average molecular weight is 340 g/mol. The second-order valence-corrected chi connectivity index (χ2v) is 6.08. The summed E-state index contributed by atoms with van der Waals surface area (Å²) in [4.78, 5) is 23.1. The Morgan fingerprint density at radius 3 is 2.60 bits per heavy atom. The molecule has 0 aliphatic carbocycles. The lowest BCUT2D eigenvalue weighted by Crippen LogP contribution is -2.40. The van der Waals surface area contributed by atoms with Gasteiger partial charge in [-0.25, -0.2) is 9.59 Å². The molecule has 1 heterocycles. The summed E-state index contributed by atoms with van der Waals surface area (Å²) in [6, 6.07) is 13.7. The molecule has 1 aliphatic rings. The molecule has 0 saturated carbocycles. The number of nitrogens with one attached hydrogen (secondary N) is 2. The van der Waals surface area contributed by atoms with Gasteiger partial charge < -0.3 is 20.5 Å². The molecule has 0 aromatic heterocycles. The van der Waals surface area contributed by atoms with Crippen molar-refractivity contribution in [2.45, 2.75) is 32.0 Å². The Labute approximate surface area is 145 Å². The van der Waals surface area contributed by atoms with Gasteiger partial charge in [0.15, 0.2) is 0 Å². The van der Waals surface area contributed by atoms with Gasteiger partial charge in [-0.1, -0.05) is 30.3 Å². The highest BCUT2D eigenvalue weighted by molar-refractivity contribution is 5.87. The number of carbonyl (C=O) groups is 2. The number of para-hydroxylation sites is 1. The van der Waals surface area contributed by atoms with Crippen LogP contribution in [0.25, 0.3) is 0 Å². The quantitative estimate of drug-likeness (QED) is 0.798. The van der Waals surface area contributed by atoms with Crippen LogP contribution < -0.4 is 15.4 Å². The van der Waals surface area contributed by atoms with Crippen molar-refractivity contribution in [1.29, 1.82) is 0 Å². The molecule has 0 spiro atoms. The van der Waals surface area contributed by atoms with E-state index < -0.39 is 5.97 Å². The fourth-order valence-electron chi connectivity index (χ4n) is 2.89. The summed E-state index contributed by atoms with van der Waals surface area (Å²) >= 11 is 0. The van der Waals surface area contributed by atoms with Crippen LogP contribution in [-0.4, -0.2) is 23.2 Å². The maximum Gasteiger partial charge on any atom is 0.335 e. The minimum absolute atomic E-state index is 0.0313. The van der Waals surface area contributed by atoms with Crippen LogP contribution in [0.4, 0.5) is 4.79 Å². The van der Waals surface area contributed by atoms with E-state index in [9.17, 15) is 9.59 Å². The first kappa shape index (κ1) is 16.8. The molecule has 0 radical (unpaired) electrons. The maximum atomic E-state index is 12.2. The molecule has 0 unspecified atom stereocenters. The first-order valence-electron chi connectivity index (χ1n) is 8.15. The Bertz CT molecular complexity index is 773. The summed E-state index contributed by atoms with van der Waals surface area (Å²) in [5, 5.41) is 14.7. The molecular formula is C19H20N2O4. The second kappa shape index (κ2) is 7.25. The van der Waals surface area contributed by atoms with Crippen LogP contribution in [0.3, 0.4) is 0 Å².